The van der Waals surface area contributed by atoms with Gasteiger partial charge in [0.25, 0.3) is 0 Å². The summed E-state index contributed by atoms with van der Waals surface area (Å²) in [7, 11) is 0. The first-order chi connectivity index (χ1) is 5.70. The lowest BCUT2D eigenvalue weighted by Gasteiger charge is -2.03. The van der Waals surface area contributed by atoms with Crippen molar-refractivity contribution in [2.75, 3.05) is 0 Å². The number of pyridine rings is 1. The van der Waals surface area contributed by atoms with Gasteiger partial charge in [-0.05, 0) is 31.9 Å². The Hall–Kier alpha value is -1.38. The molecule has 62 valence electrons. The molecule has 0 aliphatic heterocycles. The highest BCUT2D eigenvalue weighted by Gasteiger charge is 2.05. The minimum Gasteiger partial charge on any atom is -0.276 e. The van der Waals surface area contributed by atoms with E-state index < -0.39 is 0 Å². The molecule has 2 aromatic rings. The van der Waals surface area contributed by atoms with Crippen molar-refractivity contribution in [2.24, 2.45) is 0 Å². The van der Waals surface area contributed by atoms with E-state index in [1.165, 1.54) is 11.1 Å². The molecule has 0 bridgehead atoms. The van der Waals surface area contributed by atoms with E-state index in [1.54, 1.807) is 6.20 Å². The molecule has 0 saturated heterocycles. The molecule has 2 heterocycles. The molecule has 0 aromatic carbocycles. The van der Waals surface area contributed by atoms with Crippen LogP contribution in [0.1, 0.15) is 16.8 Å². The fourth-order valence-electron chi connectivity index (χ4n) is 1.36. The Morgan fingerprint density at radius 1 is 1.17 bits per heavy atom. The van der Waals surface area contributed by atoms with E-state index >= 15 is 0 Å². The summed E-state index contributed by atoms with van der Waals surface area (Å²) in [6.45, 7) is 6.19. The van der Waals surface area contributed by atoms with E-state index in [0.29, 0.717) is 0 Å². The molecule has 12 heavy (non-hydrogen) atoms. The van der Waals surface area contributed by atoms with Crippen LogP contribution in [0.4, 0.5) is 0 Å². The van der Waals surface area contributed by atoms with Gasteiger partial charge in [0.05, 0.1) is 11.7 Å². The first kappa shape index (κ1) is 7.28. The highest BCUT2D eigenvalue weighted by Crippen LogP contribution is 2.18. The highest BCUT2D eigenvalue weighted by atomic mass is 15.1. The Morgan fingerprint density at radius 2 is 1.92 bits per heavy atom. The summed E-state index contributed by atoms with van der Waals surface area (Å²) in [5.74, 6) is 0. The average Bonchev–Trinajstić information content (AvgIpc) is 2.48. The molecule has 3 heteroatoms. The number of aromatic nitrogens is 3. The van der Waals surface area contributed by atoms with Crippen molar-refractivity contribution in [3.8, 4) is 0 Å². The second-order valence-corrected chi connectivity index (χ2v) is 3.08. The van der Waals surface area contributed by atoms with Gasteiger partial charge >= 0.3 is 0 Å². The van der Waals surface area contributed by atoms with Gasteiger partial charge in [-0.1, -0.05) is 0 Å². The number of nitrogens with zero attached hydrogens (tertiary/aromatic N) is 2. The molecule has 0 spiro atoms. The maximum atomic E-state index is 4.40. The number of aryl methyl sites for hydroxylation is 2. The van der Waals surface area contributed by atoms with Crippen molar-refractivity contribution in [2.45, 2.75) is 20.8 Å². The summed E-state index contributed by atoms with van der Waals surface area (Å²) in [5, 5.41) is 6.90. The Bertz CT molecular complexity index is 429. The minimum absolute atomic E-state index is 0.954. The molecule has 2 aromatic heterocycles. The lowest BCUT2D eigenvalue weighted by Crippen LogP contribution is -1.91. The fourth-order valence-corrected chi connectivity index (χ4v) is 1.36. The van der Waals surface area contributed by atoms with Gasteiger partial charge in [0.15, 0.2) is 0 Å². The van der Waals surface area contributed by atoms with Crippen LogP contribution in [-0.2, 0) is 0 Å². The quantitative estimate of drug-likeness (QED) is 0.641. The van der Waals surface area contributed by atoms with Crippen molar-refractivity contribution >= 4 is 11.0 Å². The van der Waals surface area contributed by atoms with Crippen molar-refractivity contribution in [1.29, 1.82) is 0 Å². The standard InChI is InChI=1S/C9H11N3/c1-5-6(2)9-8(4-10-12-9)11-7(5)3/h4H,1-3H3,(H,10,12). The zero-order chi connectivity index (χ0) is 8.72. The predicted octanol–water partition coefficient (Wildman–Crippen LogP) is 1.88. The van der Waals surface area contributed by atoms with Crippen LogP contribution in [0.2, 0.25) is 0 Å². The third-order valence-electron chi connectivity index (χ3n) is 2.39. The minimum atomic E-state index is 0.954. The smallest absolute Gasteiger partial charge is 0.109 e. The lowest BCUT2D eigenvalue weighted by atomic mass is 10.1. The van der Waals surface area contributed by atoms with E-state index in [2.05, 4.69) is 29.0 Å². The molecule has 0 radical (unpaired) electrons. The highest BCUT2D eigenvalue weighted by molar-refractivity contribution is 5.78. The van der Waals surface area contributed by atoms with Crippen molar-refractivity contribution < 1.29 is 0 Å². The summed E-state index contributed by atoms with van der Waals surface area (Å²) in [5.41, 5.74) is 5.58. The van der Waals surface area contributed by atoms with E-state index in [9.17, 15) is 0 Å². The monoisotopic (exact) mass is 161 g/mol. The van der Waals surface area contributed by atoms with Crippen LogP contribution in [0.15, 0.2) is 6.20 Å². The van der Waals surface area contributed by atoms with Gasteiger partial charge in [-0.25, -0.2) is 4.98 Å². The molecular formula is C9H11N3. The molecule has 0 saturated carbocycles. The number of hydrogen-bond acceptors (Lipinski definition) is 2. The lowest BCUT2D eigenvalue weighted by molar-refractivity contribution is 1.11. The summed E-state index contributed by atoms with van der Waals surface area (Å²) in [6.07, 6.45) is 1.76. The molecule has 0 amide bonds. The third-order valence-corrected chi connectivity index (χ3v) is 2.39. The van der Waals surface area contributed by atoms with Crippen LogP contribution >= 0.6 is 0 Å². The van der Waals surface area contributed by atoms with Crippen LogP contribution in [0, 0.1) is 20.8 Å². The third kappa shape index (κ3) is 0.826. The van der Waals surface area contributed by atoms with Gasteiger partial charge in [-0.3, -0.25) is 5.10 Å². The van der Waals surface area contributed by atoms with Gasteiger partial charge in [0.2, 0.25) is 0 Å². The van der Waals surface area contributed by atoms with Crippen molar-refractivity contribution in [3.05, 3.63) is 23.0 Å². The van der Waals surface area contributed by atoms with Gasteiger partial charge in [-0.15, -0.1) is 0 Å². The largest absolute Gasteiger partial charge is 0.276 e. The number of nitrogens with one attached hydrogen (secondary N) is 1. The van der Waals surface area contributed by atoms with Gasteiger partial charge < -0.3 is 0 Å². The zero-order valence-corrected chi connectivity index (χ0v) is 7.47. The van der Waals surface area contributed by atoms with Crippen LogP contribution in [0.3, 0.4) is 0 Å². The van der Waals surface area contributed by atoms with E-state index in [4.69, 9.17) is 0 Å². The molecule has 0 unspecified atom stereocenters. The zero-order valence-electron chi connectivity index (χ0n) is 7.47. The van der Waals surface area contributed by atoms with Gasteiger partial charge in [-0.2, -0.15) is 5.10 Å². The molecule has 2 rings (SSSR count). The molecule has 0 fully saturated rings. The SMILES string of the molecule is Cc1nc2cn[nH]c2c(C)c1C. The maximum Gasteiger partial charge on any atom is 0.109 e. The number of rotatable bonds is 0. The second-order valence-electron chi connectivity index (χ2n) is 3.08. The van der Waals surface area contributed by atoms with E-state index in [1.807, 2.05) is 6.92 Å². The Morgan fingerprint density at radius 3 is 2.67 bits per heavy atom. The van der Waals surface area contributed by atoms with Gasteiger partial charge in [0.1, 0.15) is 5.52 Å². The summed E-state index contributed by atoms with van der Waals surface area (Å²) < 4.78 is 0. The van der Waals surface area contributed by atoms with Crippen LogP contribution in [0.5, 0.6) is 0 Å². The molecule has 0 aliphatic rings. The first-order valence-electron chi connectivity index (χ1n) is 3.97. The summed E-state index contributed by atoms with van der Waals surface area (Å²) in [4.78, 5) is 4.40. The van der Waals surface area contributed by atoms with Crippen LogP contribution in [0.25, 0.3) is 11.0 Å². The molecule has 0 aliphatic carbocycles. The van der Waals surface area contributed by atoms with Crippen molar-refractivity contribution in [3.63, 3.8) is 0 Å². The average molecular weight is 161 g/mol. The maximum absolute atomic E-state index is 4.40. The number of hydrogen-bond donors (Lipinski definition) is 1. The Balaban J connectivity index is 2.94. The van der Waals surface area contributed by atoms with E-state index in [0.717, 1.165) is 16.7 Å². The summed E-state index contributed by atoms with van der Waals surface area (Å²) in [6, 6.07) is 0. The van der Waals surface area contributed by atoms with Gasteiger partial charge in [0, 0.05) is 5.69 Å². The van der Waals surface area contributed by atoms with E-state index in [-0.39, 0.29) is 0 Å². The molecule has 3 nitrogen and oxygen atoms in total. The topological polar surface area (TPSA) is 41.6 Å². The normalized spacial score (nSPS) is 10.9. The molecular weight excluding hydrogens is 150 g/mol. The van der Waals surface area contributed by atoms with Crippen molar-refractivity contribution in [1.82, 2.24) is 15.2 Å². The predicted molar refractivity (Wildman–Crippen MR) is 48.1 cm³/mol. The number of aromatic amines is 1. The first-order valence-corrected chi connectivity index (χ1v) is 3.97. The second kappa shape index (κ2) is 2.30. The molecule has 1 N–H and O–H groups in total. The summed E-state index contributed by atoms with van der Waals surface area (Å²) >= 11 is 0. The fraction of sp³-hybridized carbons (Fsp3) is 0.333. The van der Waals surface area contributed by atoms with Crippen LogP contribution < -0.4 is 0 Å². The van der Waals surface area contributed by atoms with Crippen LogP contribution in [-0.4, -0.2) is 15.2 Å². The molecule has 0 atom stereocenters. The number of H-pyrrole nitrogens is 1. The Labute approximate surface area is 70.8 Å². The number of fused-ring (bicyclic) bond motifs is 1. The Kier molecular flexibility index (Phi) is 1.40.